The molecule has 11 heteroatoms. The Morgan fingerprint density at radius 1 is 1.09 bits per heavy atom. The molecule has 3 saturated heterocycles. The summed E-state index contributed by atoms with van der Waals surface area (Å²) in [6.45, 7) is 13.7. The fourth-order valence-corrected chi connectivity index (χ4v) is 9.26. The molecule has 1 aliphatic carbocycles. The number of halogens is 1. The zero-order chi connectivity index (χ0) is 38.9. The van der Waals surface area contributed by atoms with Crippen LogP contribution in [0.3, 0.4) is 0 Å². The van der Waals surface area contributed by atoms with E-state index in [0.29, 0.717) is 54.2 Å². The van der Waals surface area contributed by atoms with Crippen molar-refractivity contribution in [2.75, 3.05) is 6.61 Å². The van der Waals surface area contributed by atoms with Crippen LogP contribution in [0.1, 0.15) is 97.3 Å². The van der Waals surface area contributed by atoms with Crippen LogP contribution >= 0.6 is 15.9 Å². The molecule has 1 aromatic rings. The maximum atomic E-state index is 14.5. The summed E-state index contributed by atoms with van der Waals surface area (Å²) in [6, 6.07) is 6.86. The number of allylic oxidation sites excluding steroid dienone is 2. The largest absolute Gasteiger partial charge is 0.462 e. The van der Waals surface area contributed by atoms with Gasteiger partial charge in [-0.1, -0.05) is 86.5 Å². The van der Waals surface area contributed by atoms with Crippen molar-refractivity contribution in [1.82, 2.24) is 0 Å². The highest BCUT2D eigenvalue weighted by Crippen LogP contribution is 2.48. The molecule has 5 aliphatic rings. The first kappa shape index (κ1) is 40.6. The summed E-state index contributed by atoms with van der Waals surface area (Å²) in [4.78, 5) is 40.2. The molecule has 4 heterocycles. The molecule has 54 heavy (non-hydrogen) atoms. The van der Waals surface area contributed by atoms with Gasteiger partial charge in [-0.25, -0.2) is 4.79 Å². The van der Waals surface area contributed by atoms with Gasteiger partial charge in [0.1, 0.15) is 29.8 Å². The Kier molecular flexibility index (Phi) is 12.4. The number of benzene rings is 1. The van der Waals surface area contributed by atoms with Crippen molar-refractivity contribution in [3.05, 3.63) is 81.4 Å². The number of aliphatic hydroxyl groups is 1. The van der Waals surface area contributed by atoms with Gasteiger partial charge in [-0.05, 0) is 73.4 Å². The number of hydrogen-bond donors (Lipinski definition) is 1. The van der Waals surface area contributed by atoms with E-state index in [1.807, 2.05) is 26.0 Å². The predicted octanol–water partition coefficient (Wildman–Crippen LogP) is 7.73. The van der Waals surface area contributed by atoms with Crippen LogP contribution in [0, 0.1) is 23.7 Å². The van der Waals surface area contributed by atoms with Crippen molar-refractivity contribution in [3.63, 3.8) is 0 Å². The van der Waals surface area contributed by atoms with Crippen LogP contribution in [0.25, 0.3) is 0 Å². The molecular formula is C43H55BrO10. The zero-order valence-electron chi connectivity index (χ0n) is 32.4. The highest BCUT2D eigenvalue weighted by molar-refractivity contribution is 9.10. The summed E-state index contributed by atoms with van der Waals surface area (Å²) in [7, 11) is 0. The van der Waals surface area contributed by atoms with Crippen molar-refractivity contribution in [2.24, 2.45) is 23.7 Å². The van der Waals surface area contributed by atoms with E-state index in [0.717, 1.165) is 22.9 Å². The van der Waals surface area contributed by atoms with Gasteiger partial charge in [0.2, 0.25) is 0 Å². The van der Waals surface area contributed by atoms with Crippen LogP contribution in [-0.2, 0) is 38.0 Å². The topological polar surface area (TPSA) is 127 Å². The highest BCUT2D eigenvalue weighted by atomic mass is 79.9. The molecule has 4 aliphatic heterocycles. The first-order valence-electron chi connectivity index (χ1n) is 19.4. The van der Waals surface area contributed by atoms with E-state index in [1.54, 1.807) is 43.4 Å². The second kappa shape index (κ2) is 16.6. The lowest BCUT2D eigenvalue weighted by Crippen LogP contribution is -2.59. The maximum Gasteiger partial charge on any atom is 0.338 e. The molecule has 294 valence electrons. The average Bonchev–Trinajstić information content (AvgIpc) is 3.46. The lowest BCUT2D eigenvalue weighted by molar-refractivity contribution is -0.340. The molecule has 10 nitrogen and oxygen atoms in total. The van der Waals surface area contributed by atoms with Crippen LogP contribution in [0.5, 0.6) is 0 Å². The Morgan fingerprint density at radius 3 is 2.59 bits per heavy atom. The summed E-state index contributed by atoms with van der Waals surface area (Å²) in [5.41, 5.74) is 0.326. The molecule has 0 amide bonds. The van der Waals surface area contributed by atoms with Gasteiger partial charge in [0.25, 0.3) is 0 Å². The summed E-state index contributed by atoms with van der Waals surface area (Å²) in [5, 5.41) is 12.8. The fraction of sp³-hybridized carbons (Fsp3) is 0.605. The van der Waals surface area contributed by atoms with Gasteiger partial charge in [-0.2, -0.15) is 0 Å². The zero-order valence-corrected chi connectivity index (χ0v) is 34.0. The first-order chi connectivity index (χ1) is 25.6. The van der Waals surface area contributed by atoms with Crippen LogP contribution in [-0.4, -0.2) is 77.6 Å². The van der Waals surface area contributed by atoms with Gasteiger partial charge in [0.05, 0.1) is 24.4 Å². The first-order valence-corrected chi connectivity index (χ1v) is 20.2. The van der Waals surface area contributed by atoms with E-state index in [-0.39, 0.29) is 24.7 Å². The second-order valence-corrected chi connectivity index (χ2v) is 17.0. The average molecular weight is 812 g/mol. The minimum Gasteiger partial charge on any atom is -0.462 e. The lowest BCUT2D eigenvalue weighted by Gasteiger charge is -2.51. The number of carbonyl (C=O) groups is 3. The van der Waals surface area contributed by atoms with Crippen molar-refractivity contribution in [1.29, 1.82) is 0 Å². The summed E-state index contributed by atoms with van der Waals surface area (Å²) in [5.74, 6) is -3.24. The summed E-state index contributed by atoms with van der Waals surface area (Å²) in [6.07, 6.45) is 9.41. The van der Waals surface area contributed by atoms with E-state index < -0.39 is 59.6 Å². The molecule has 1 N–H and O–H groups in total. The Morgan fingerprint density at radius 2 is 1.87 bits per heavy atom. The van der Waals surface area contributed by atoms with Gasteiger partial charge in [-0.15, -0.1) is 0 Å². The number of ether oxygens (including phenoxy) is 6. The smallest absolute Gasteiger partial charge is 0.338 e. The Bertz CT molecular complexity index is 1710. The number of fused-ring (bicyclic) bond motifs is 2. The van der Waals surface area contributed by atoms with Crippen LogP contribution < -0.4 is 0 Å². The maximum absolute atomic E-state index is 14.5. The van der Waals surface area contributed by atoms with Crippen LogP contribution in [0.2, 0.25) is 0 Å². The fourth-order valence-electron chi connectivity index (χ4n) is 8.86. The third kappa shape index (κ3) is 8.36. The van der Waals surface area contributed by atoms with E-state index in [4.69, 9.17) is 28.4 Å². The molecule has 12 atom stereocenters. The number of esters is 3. The number of hydrogen-bond acceptors (Lipinski definition) is 10. The quantitative estimate of drug-likeness (QED) is 0.179. The lowest BCUT2D eigenvalue weighted by atomic mass is 9.70. The van der Waals surface area contributed by atoms with Crippen molar-refractivity contribution >= 4 is 33.8 Å². The Hall–Kier alpha value is -3.09. The minimum atomic E-state index is -1.89. The van der Waals surface area contributed by atoms with E-state index >= 15 is 0 Å². The highest BCUT2D eigenvalue weighted by Gasteiger charge is 2.61. The molecule has 6 rings (SSSR count). The summed E-state index contributed by atoms with van der Waals surface area (Å²) < 4.78 is 39.0. The Balaban J connectivity index is 1.40. The minimum absolute atomic E-state index is 0.00644. The van der Waals surface area contributed by atoms with Crippen LogP contribution in [0.4, 0.5) is 0 Å². The SMILES string of the molecule is CC[C@H](C)[C@H]1O[C@]2(CC[C@@H]1C)C[C@@H]1C[C@@H](C/C=C(\C)[C@@H](OC(C)=O)[C@@H](C)/C=C/C=C3\CO[C@@H]4[C@H](OC(=O)c5cccc(Br)c5)C(C)=C[C@@H](C(=O)O1)[C@]34O)O2. The van der Waals surface area contributed by atoms with Crippen molar-refractivity contribution in [3.8, 4) is 0 Å². The van der Waals surface area contributed by atoms with E-state index in [1.165, 1.54) is 6.92 Å². The third-order valence-corrected chi connectivity index (χ3v) is 12.5. The van der Waals surface area contributed by atoms with Crippen molar-refractivity contribution < 1.29 is 47.9 Å². The number of rotatable bonds is 5. The molecule has 0 radical (unpaired) electrons. The molecule has 3 fully saturated rings. The van der Waals surface area contributed by atoms with Gasteiger partial charge in [0, 0.05) is 36.6 Å². The summed E-state index contributed by atoms with van der Waals surface area (Å²) >= 11 is 3.41. The van der Waals surface area contributed by atoms with E-state index in [9.17, 15) is 19.5 Å². The third-order valence-electron chi connectivity index (χ3n) is 12.0. The van der Waals surface area contributed by atoms with Gasteiger partial charge in [0.15, 0.2) is 11.9 Å². The van der Waals surface area contributed by atoms with Crippen molar-refractivity contribution in [2.45, 2.75) is 135 Å². The Labute approximate surface area is 327 Å². The predicted molar refractivity (Wildman–Crippen MR) is 205 cm³/mol. The van der Waals surface area contributed by atoms with Gasteiger partial charge in [-0.3, -0.25) is 9.59 Å². The van der Waals surface area contributed by atoms with E-state index in [2.05, 4.69) is 42.8 Å². The normalized spacial score (nSPS) is 40.1. The monoisotopic (exact) mass is 810 g/mol. The molecule has 1 spiro atoms. The molecule has 0 unspecified atom stereocenters. The standard InChI is InChI=1S/C43H55BrO10/c1-8-24(2)37-27(5)17-18-42(54-37)22-34-21-33(53-42)16-15-26(4)36(50-29(7)45)25(3)11-9-13-31-23-49-39-38(52-40(46)30-12-10-14-32(44)20-30)28(6)19-35(41(47)51-34)43(31,39)48/h9-15,19-20,24-25,27,33-39,48H,8,16-18,21-23H2,1-7H3/b11-9+,26-15+,31-13+/t24-,25-,27-,33+,34-,35-,36-,37+,38+,39+,42+,43+/m0/s1. The van der Waals surface area contributed by atoms with Gasteiger partial charge < -0.3 is 33.5 Å². The number of carbonyl (C=O) groups excluding carboxylic acids is 3. The molecule has 0 saturated carbocycles. The molecular weight excluding hydrogens is 756 g/mol. The van der Waals surface area contributed by atoms with Gasteiger partial charge >= 0.3 is 17.9 Å². The molecule has 1 aromatic carbocycles. The molecule has 0 aromatic heterocycles. The molecule has 2 bridgehead atoms. The van der Waals surface area contributed by atoms with Crippen LogP contribution in [0.15, 0.2) is 75.8 Å². The second-order valence-electron chi connectivity index (χ2n) is 16.1.